The minimum atomic E-state index is -0.429. The van der Waals surface area contributed by atoms with Crippen LogP contribution in [0.25, 0.3) is 27.7 Å². The molecular formula is C27H24N4O4. The largest absolute Gasteiger partial charge is 0.484 e. The Morgan fingerprint density at radius 1 is 0.971 bits per heavy atom. The summed E-state index contributed by atoms with van der Waals surface area (Å²) in [6, 6.07) is 16.4. The molecule has 0 saturated carbocycles. The van der Waals surface area contributed by atoms with E-state index in [1.807, 2.05) is 52.0 Å². The first-order chi connectivity index (χ1) is 16.8. The number of ether oxygens (including phenoxy) is 1. The van der Waals surface area contributed by atoms with Crippen LogP contribution in [0.3, 0.4) is 0 Å². The normalized spacial score (nSPS) is 11.2. The summed E-state index contributed by atoms with van der Waals surface area (Å²) in [6.45, 7) is 7.52. The maximum Gasteiger partial charge on any atom is 0.336 e. The number of anilines is 1. The highest BCUT2D eigenvalue weighted by Gasteiger charge is 2.15. The van der Waals surface area contributed by atoms with E-state index in [0.29, 0.717) is 23.0 Å². The summed E-state index contributed by atoms with van der Waals surface area (Å²) >= 11 is 0. The molecule has 0 fully saturated rings. The highest BCUT2D eigenvalue weighted by atomic mass is 16.5. The SMILES string of the molecule is Cc1cc(NC(=O)COc2ccc3c(C)cc(=O)oc3c2)n(-c2cc(C)c3cccc(C)c3n2)n1. The van der Waals surface area contributed by atoms with E-state index < -0.39 is 5.63 Å². The molecule has 0 aliphatic carbocycles. The van der Waals surface area contributed by atoms with E-state index in [0.717, 1.165) is 38.7 Å². The summed E-state index contributed by atoms with van der Waals surface area (Å²) in [5, 5.41) is 9.29. The number of hydrogen-bond acceptors (Lipinski definition) is 6. The number of aromatic nitrogens is 3. The summed E-state index contributed by atoms with van der Waals surface area (Å²) in [5.74, 6) is 1.18. The van der Waals surface area contributed by atoms with E-state index in [4.69, 9.17) is 14.1 Å². The van der Waals surface area contributed by atoms with Crippen molar-refractivity contribution in [3.8, 4) is 11.6 Å². The van der Waals surface area contributed by atoms with Crippen LogP contribution in [0.15, 0.2) is 63.8 Å². The molecule has 0 spiro atoms. The van der Waals surface area contributed by atoms with Crippen molar-refractivity contribution in [1.29, 1.82) is 0 Å². The van der Waals surface area contributed by atoms with Gasteiger partial charge in [0, 0.05) is 29.0 Å². The van der Waals surface area contributed by atoms with E-state index in [-0.39, 0.29) is 12.5 Å². The summed E-state index contributed by atoms with van der Waals surface area (Å²) < 4.78 is 12.5. The van der Waals surface area contributed by atoms with Gasteiger partial charge in [-0.3, -0.25) is 4.79 Å². The van der Waals surface area contributed by atoms with Crippen molar-refractivity contribution in [3.05, 3.63) is 87.4 Å². The molecule has 2 aromatic carbocycles. The number of benzene rings is 2. The Bertz CT molecular complexity index is 1670. The van der Waals surface area contributed by atoms with Crippen LogP contribution >= 0.6 is 0 Å². The molecule has 5 aromatic rings. The van der Waals surface area contributed by atoms with Crippen LogP contribution in [0.5, 0.6) is 5.75 Å². The standard InChI is InChI=1S/C27H24N4O4/c1-15-6-5-7-21-16(2)10-23(29-27(15)21)31-24(12-18(4)30-31)28-25(32)14-34-19-8-9-20-17(3)11-26(33)35-22(20)13-19/h5-13H,14H2,1-4H3,(H,28,32). The van der Waals surface area contributed by atoms with Gasteiger partial charge in [0.2, 0.25) is 0 Å². The Hall–Kier alpha value is -4.46. The van der Waals surface area contributed by atoms with Crippen molar-refractivity contribution >= 4 is 33.6 Å². The first kappa shape index (κ1) is 22.3. The predicted molar refractivity (Wildman–Crippen MR) is 134 cm³/mol. The monoisotopic (exact) mass is 468 g/mol. The molecule has 1 N–H and O–H groups in total. The number of aryl methyl sites for hydroxylation is 4. The number of hydrogen-bond donors (Lipinski definition) is 1. The fraction of sp³-hybridized carbons (Fsp3) is 0.185. The van der Waals surface area contributed by atoms with Gasteiger partial charge in [-0.05, 0) is 62.6 Å². The van der Waals surface area contributed by atoms with Crippen LogP contribution in [0, 0.1) is 27.7 Å². The summed E-state index contributed by atoms with van der Waals surface area (Å²) in [7, 11) is 0. The molecule has 8 heteroatoms. The number of nitrogens with zero attached hydrogens (tertiary/aromatic N) is 3. The van der Waals surface area contributed by atoms with Crippen LogP contribution in [0.1, 0.15) is 22.4 Å². The van der Waals surface area contributed by atoms with Gasteiger partial charge < -0.3 is 14.5 Å². The van der Waals surface area contributed by atoms with E-state index in [1.54, 1.807) is 28.9 Å². The van der Waals surface area contributed by atoms with Gasteiger partial charge in [0.15, 0.2) is 12.4 Å². The molecule has 0 bridgehead atoms. The van der Waals surface area contributed by atoms with E-state index in [1.165, 1.54) is 6.07 Å². The molecule has 3 heterocycles. The van der Waals surface area contributed by atoms with Crippen molar-refractivity contribution in [2.75, 3.05) is 11.9 Å². The third kappa shape index (κ3) is 4.38. The van der Waals surface area contributed by atoms with Crippen molar-refractivity contribution in [2.45, 2.75) is 27.7 Å². The number of pyridine rings is 1. The number of fused-ring (bicyclic) bond motifs is 2. The lowest BCUT2D eigenvalue weighted by atomic mass is 10.1. The molecule has 176 valence electrons. The second-order valence-electron chi connectivity index (χ2n) is 8.59. The number of para-hydroxylation sites is 1. The van der Waals surface area contributed by atoms with Gasteiger partial charge in [0.25, 0.3) is 5.91 Å². The van der Waals surface area contributed by atoms with Gasteiger partial charge in [0.05, 0.1) is 11.2 Å². The minimum Gasteiger partial charge on any atom is -0.484 e. The van der Waals surface area contributed by atoms with Crippen LogP contribution in [-0.2, 0) is 4.79 Å². The Morgan fingerprint density at radius 2 is 1.77 bits per heavy atom. The van der Waals surface area contributed by atoms with Gasteiger partial charge in [-0.15, -0.1) is 0 Å². The molecule has 0 saturated heterocycles. The Morgan fingerprint density at radius 3 is 2.60 bits per heavy atom. The Kier molecular flexibility index (Phi) is 5.56. The molecule has 0 radical (unpaired) electrons. The Labute approximate surface area is 201 Å². The second kappa shape index (κ2) is 8.72. The topological polar surface area (TPSA) is 99.2 Å². The van der Waals surface area contributed by atoms with Crippen molar-refractivity contribution < 1.29 is 13.9 Å². The van der Waals surface area contributed by atoms with Gasteiger partial charge in [-0.25, -0.2) is 9.78 Å². The van der Waals surface area contributed by atoms with E-state index >= 15 is 0 Å². The number of nitrogens with one attached hydrogen (secondary N) is 1. The fourth-order valence-corrected chi connectivity index (χ4v) is 4.14. The number of rotatable bonds is 5. The third-order valence-electron chi connectivity index (χ3n) is 5.84. The number of carbonyl (C=O) groups is 1. The fourth-order valence-electron chi connectivity index (χ4n) is 4.14. The average Bonchev–Trinajstić information content (AvgIpc) is 3.17. The van der Waals surface area contributed by atoms with Crippen LogP contribution in [0.2, 0.25) is 0 Å². The zero-order valence-electron chi connectivity index (χ0n) is 19.9. The summed E-state index contributed by atoms with van der Waals surface area (Å²) in [4.78, 5) is 29.2. The molecule has 0 aliphatic heterocycles. The zero-order valence-corrected chi connectivity index (χ0v) is 19.9. The van der Waals surface area contributed by atoms with Gasteiger partial charge in [-0.1, -0.05) is 18.2 Å². The molecule has 0 aliphatic rings. The Balaban J connectivity index is 1.37. The molecule has 35 heavy (non-hydrogen) atoms. The molecule has 3 aromatic heterocycles. The molecule has 8 nitrogen and oxygen atoms in total. The lowest BCUT2D eigenvalue weighted by Gasteiger charge is -2.12. The summed E-state index contributed by atoms with van der Waals surface area (Å²) in [5.41, 5.74) is 4.57. The molecule has 0 unspecified atom stereocenters. The van der Waals surface area contributed by atoms with E-state index in [2.05, 4.69) is 10.4 Å². The van der Waals surface area contributed by atoms with Crippen molar-refractivity contribution in [3.63, 3.8) is 0 Å². The molecular weight excluding hydrogens is 444 g/mol. The maximum atomic E-state index is 12.7. The first-order valence-electron chi connectivity index (χ1n) is 11.2. The average molecular weight is 469 g/mol. The lowest BCUT2D eigenvalue weighted by Crippen LogP contribution is -2.22. The van der Waals surface area contributed by atoms with Crippen molar-refractivity contribution in [2.24, 2.45) is 0 Å². The smallest absolute Gasteiger partial charge is 0.336 e. The highest BCUT2D eigenvalue weighted by Crippen LogP contribution is 2.25. The quantitative estimate of drug-likeness (QED) is 0.373. The van der Waals surface area contributed by atoms with Crippen LogP contribution < -0.4 is 15.7 Å². The third-order valence-corrected chi connectivity index (χ3v) is 5.84. The highest BCUT2D eigenvalue weighted by molar-refractivity contribution is 5.92. The predicted octanol–water partition coefficient (Wildman–Crippen LogP) is 4.78. The van der Waals surface area contributed by atoms with Gasteiger partial charge >= 0.3 is 5.63 Å². The molecule has 1 amide bonds. The summed E-state index contributed by atoms with van der Waals surface area (Å²) in [6.07, 6.45) is 0. The number of amides is 1. The van der Waals surface area contributed by atoms with E-state index in [9.17, 15) is 9.59 Å². The van der Waals surface area contributed by atoms with Crippen LogP contribution in [0.4, 0.5) is 5.82 Å². The molecule has 5 rings (SSSR count). The first-order valence-corrected chi connectivity index (χ1v) is 11.2. The lowest BCUT2D eigenvalue weighted by molar-refractivity contribution is -0.118. The molecule has 0 atom stereocenters. The van der Waals surface area contributed by atoms with Crippen molar-refractivity contribution in [1.82, 2.24) is 14.8 Å². The second-order valence-corrected chi connectivity index (χ2v) is 8.59. The number of carbonyl (C=O) groups excluding carboxylic acids is 1. The minimum absolute atomic E-state index is 0.227. The van der Waals surface area contributed by atoms with Crippen LogP contribution in [-0.4, -0.2) is 27.3 Å². The van der Waals surface area contributed by atoms with Gasteiger partial charge in [-0.2, -0.15) is 9.78 Å². The van der Waals surface area contributed by atoms with Gasteiger partial charge in [0.1, 0.15) is 17.2 Å². The zero-order chi connectivity index (χ0) is 24.7. The maximum absolute atomic E-state index is 12.7.